The Hall–Kier alpha value is -1.21. The van der Waals surface area contributed by atoms with Gasteiger partial charge in [-0.25, -0.2) is 0 Å². The maximum Gasteiger partial charge on any atom is 0.322 e. The number of nitrogens with zero attached hydrogens (tertiary/aromatic N) is 2. The minimum atomic E-state index is -0.284. The van der Waals surface area contributed by atoms with Crippen LogP contribution in [0.1, 0.15) is 35.0 Å². The second kappa shape index (κ2) is 5.05. The summed E-state index contributed by atoms with van der Waals surface area (Å²) >= 11 is 6.67. The Morgan fingerprint density at radius 3 is 2.53 bits per heavy atom. The molecule has 1 N–H and O–H groups in total. The summed E-state index contributed by atoms with van der Waals surface area (Å²) in [5, 5.41) is 10.3. The summed E-state index contributed by atoms with van der Waals surface area (Å²) in [5.41, 5.74) is 0.507. The number of aromatic nitrogens is 2. The zero-order chi connectivity index (χ0) is 13.4. The van der Waals surface area contributed by atoms with Crippen LogP contribution < -0.4 is 5.32 Å². The molecule has 98 valence electrons. The van der Waals surface area contributed by atoms with Crippen LogP contribution in [0, 0.1) is 0 Å². The van der Waals surface area contributed by atoms with E-state index in [1.807, 2.05) is 6.07 Å². The van der Waals surface area contributed by atoms with Gasteiger partial charge < -0.3 is 4.42 Å². The molecular weight excluding hydrogens is 378 g/mol. The zero-order valence-electron chi connectivity index (χ0n) is 9.69. The molecule has 1 aliphatic carbocycles. The average Bonchev–Trinajstić information content (AvgIpc) is 3.09. The SMILES string of the molecule is O=C(Nc1nnc(C2CC2)o1)c1cc(Br)cc(Br)c1. The van der Waals surface area contributed by atoms with Gasteiger partial charge in [0.2, 0.25) is 5.89 Å². The van der Waals surface area contributed by atoms with E-state index in [1.165, 1.54) is 0 Å². The predicted molar refractivity (Wildman–Crippen MR) is 76.1 cm³/mol. The summed E-state index contributed by atoms with van der Waals surface area (Å²) in [4.78, 5) is 12.0. The van der Waals surface area contributed by atoms with E-state index in [4.69, 9.17) is 4.42 Å². The summed E-state index contributed by atoms with van der Waals surface area (Å²) in [6, 6.07) is 5.44. The van der Waals surface area contributed by atoms with Crippen molar-refractivity contribution in [2.24, 2.45) is 0 Å². The fourth-order valence-corrected chi connectivity index (χ4v) is 2.93. The van der Waals surface area contributed by atoms with Crippen molar-refractivity contribution in [1.82, 2.24) is 10.2 Å². The third-order valence-corrected chi connectivity index (χ3v) is 3.63. The van der Waals surface area contributed by atoms with Gasteiger partial charge in [0.05, 0.1) is 0 Å². The lowest BCUT2D eigenvalue weighted by molar-refractivity contribution is 0.102. The highest BCUT2D eigenvalue weighted by atomic mass is 79.9. The Morgan fingerprint density at radius 1 is 1.21 bits per heavy atom. The topological polar surface area (TPSA) is 68.0 Å². The number of rotatable bonds is 3. The van der Waals surface area contributed by atoms with E-state index in [1.54, 1.807) is 12.1 Å². The molecule has 0 atom stereocenters. The summed E-state index contributed by atoms with van der Waals surface area (Å²) in [6.07, 6.45) is 2.16. The van der Waals surface area contributed by atoms with Gasteiger partial charge in [-0.15, -0.1) is 5.10 Å². The van der Waals surface area contributed by atoms with Crippen molar-refractivity contribution in [1.29, 1.82) is 0 Å². The van der Waals surface area contributed by atoms with Gasteiger partial charge >= 0.3 is 6.01 Å². The van der Waals surface area contributed by atoms with Crippen molar-refractivity contribution < 1.29 is 9.21 Å². The molecule has 19 heavy (non-hydrogen) atoms. The van der Waals surface area contributed by atoms with Crippen LogP contribution in [0.4, 0.5) is 6.01 Å². The molecule has 1 heterocycles. The molecule has 1 saturated carbocycles. The molecule has 3 rings (SSSR count). The maximum absolute atomic E-state index is 12.0. The van der Waals surface area contributed by atoms with E-state index in [-0.39, 0.29) is 11.9 Å². The Labute approximate surface area is 126 Å². The molecule has 7 heteroatoms. The first-order valence-electron chi connectivity index (χ1n) is 5.72. The zero-order valence-corrected chi connectivity index (χ0v) is 12.9. The molecule has 0 saturated heterocycles. The van der Waals surface area contributed by atoms with Gasteiger partial charge in [0.15, 0.2) is 0 Å². The Morgan fingerprint density at radius 2 is 1.89 bits per heavy atom. The highest BCUT2D eigenvalue weighted by molar-refractivity contribution is 9.11. The quantitative estimate of drug-likeness (QED) is 0.872. The summed E-state index contributed by atoms with van der Waals surface area (Å²) < 4.78 is 7.01. The van der Waals surface area contributed by atoms with Crippen molar-refractivity contribution in [3.05, 3.63) is 38.6 Å². The predicted octanol–water partition coefficient (Wildman–Crippen LogP) is 3.72. The summed E-state index contributed by atoms with van der Waals surface area (Å²) in [5.74, 6) is 0.692. The first-order chi connectivity index (χ1) is 9.11. The molecule has 0 aliphatic heterocycles. The lowest BCUT2D eigenvalue weighted by Crippen LogP contribution is -2.12. The minimum absolute atomic E-state index is 0.142. The fraction of sp³-hybridized carbons (Fsp3) is 0.250. The van der Waals surface area contributed by atoms with Crippen LogP contribution in [0.5, 0.6) is 0 Å². The first-order valence-corrected chi connectivity index (χ1v) is 7.31. The lowest BCUT2D eigenvalue weighted by atomic mass is 10.2. The van der Waals surface area contributed by atoms with E-state index in [0.29, 0.717) is 17.4 Å². The van der Waals surface area contributed by atoms with Crippen molar-refractivity contribution in [2.75, 3.05) is 5.32 Å². The van der Waals surface area contributed by atoms with Crippen molar-refractivity contribution in [3.8, 4) is 0 Å². The second-order valence-corrected chi connectivity index (χ2v) is 6.16. The number of hydrogen-bond acceptors (Lipinski definition) is 4. The van der Waals surface area contributed by atoms with E-state index in [0.717, 1.165) is 21.8 Å². The third-order valence-electron chi connectivity index (χ3n) is 2.71. The minimum Gasteiger partial charge on any atom is -0.408 e. The highest BCUT2D eigenvalue weighted by Crippen LogP contribution is 2.39. The molecule has 1 aromatic carbocycles. The van der Waals surface area contributed by atoms with Gasteiger partial charge in [-0.2, -0.15) is 0 Å². The third kappa shape index (κ3) is 3.03. The maximum atomic E-state index is 12.0. The molecule has 1 aliphatic rings. The Kier molecular flexibility index (Phi) is 3.40. The van der Waals surface area contributed by atoms with Crippen LogP contribution in [0.15, 0.2) is 31.6 Å². The normalized spacial score (nSPS) is 14.4. The van der Waals surface area contributed by atoms with Gasteiger partial charge in [-0.1, -0.05) is 37.0 Å². The number of benzene rings is 1. The number of carbonyl (C=O) groups excluding carboxylic acids is 1. The number of nitrogens with one attached hydrogen (secondary N) is 1. The van der Waals surface area contributed by atoms with E-state index in [9.17, 15) is 4.79 Å². The van der Waals surface area contributed by atoms with Crippen LogP contribution in [0.25, 0.3) is 0 Å². The molecule has 0 unspecified atom stereocenters. The van der Waals surface area contributed by atoms with Crippen molar-refractivity contribution >= 4 is 43.8 Å². The van der Waals surface area contributed by atoms with E-state index >= 15 is 0 Å². The highest BCUT2D eigenvalue weighted by Gasteiger charge is 2.29. The molecule has 1 aromatic heterocycles. The average molecular weight is 387 g/mol. The number of halogens is 2. The Balaban J connectivity index is 1.75. The van der Waals surface area contributed by atoms with Crippen LogP contribution in [0.2, 0.25) is 0 Å². The van der Waals surface area contributed by atoms with Crippen LogP contribution >= 0.6 is 31.9 Å². The smallest absolute Gasteiger partial charge is 0.322 e. The van der Waals surface area contributed by atoms with Gasteiger partial charge in [0.25, 0.3) is 5.91 Å². The first kappa shape index (κ1) is 12.8. The largest absolute Gasteiger partial charge is 0.408 e. The van der Waals surface area contributed by atoms with Gasteiger partial charge in [-0.05, 0) is 31.0 Å². The van der Waals surface area contributed by atoms with E-state index < -0.39 is 0 Å². The molecule has 0 bridgehead atoms. The van der Waals surface area contributed by atoms with Gasteiger partial charge in [0, 0.05) is 20.4 Å². The van der Waals surface area contributed by atoms with Crippen molar-refractivity contribution in [2.45, 2.75) is 18.8 Å². The lowest BCUT2D eigenvalue weighted by Gasteiger charge is -2.02. The monoisotopic (exact) mass is 385 g/mol. The fourth-order valence-electron chi connectivity index (χ4n) is 1.63. The molecule has 0 radical (unpaired) electrons. The van der Waals surface area contributed by atoms with Gasteiger partial charge in [0.1, 0.15) is 0 Å². The molecular formula is C12H9Br2N3O2. The summed E-state index contributed by atoms with van der Waals surface area (Å²) in [7, 11) is 0. The second-order valence-electron chi connectivity index (χ2n) is 4.33. The number of anilines is 1. The van der Waals surface area contributed by atoms with E-state index in [2.05, 4.69) is 47.4 Å². The molecule has 1 amide bonds. The molecule has 0 spiro atoms. The molecule has 1 fully saturated rings. The number of amides is 1. The van der Waals surface area contributed by atoms with Crippen LogP contribution in [-0.2, 0) is 0 Å². The Bertz CT molecular complexity index is 617. The summed E-state index contributed by atoms with van der Waals surface area (Å²) in [6.45, 7) is 0. The van der Waals surface area contributed by atoms with Crippen LogP contribution in [-0.4, -0.2) is 16.1 Å². The number of carbonyl (C=O) groups is 1. The van der Waals surface area contributed by atoms with Gasteiger partial charge in [-0.3, -0.25) is 10.1 Å². The standard InChI is InChI=1S/C12H9Br2N3O2/c13-8-3-7(4-9(14)5-8)10(18)15-12-17-16-11(19-12)6-1-2-6/h3-6H,1-2H2,(H,15,17,18). The number of hydrogen-bond donors (Lipinski definition) is 1. The van der Waals surface area contributed by atoms with Crippen LogP contribution in [0.3, 0.4) is 0 Å². The molecule has 2 aromatic rings. The van der Waals surface area contributed by atoms with Crippen molar-refractivity contribution in [3.63, 3.8) is 0 Å². The molecule has 5 nitrogen and oxygen atoms in total.